The Balaban J connectivity index is 1.01. The van der Waals surface area contributed by atoms with E-state index in [1.165, 1.54) is 20.2 Å². The summed E-state index contributed by atoms with van der Waals surface area (Å²) in [7, 11) is 0. The van der Waals surface area contributed by atoms with Crippen molar-refractivity contribution < 1.29 is 8.83 Å². The minimum atomic E-state index is 0.576. The highest BCUT2D eigenvalue weighted by molar-refractivity contribution is 7.25. The average molecular weight is 748 g/mol. The molecule has 5 nitrogen and oxygen atoms in total. The molecule has 12 aromatic rings. The van der Waals surface area contributed by atoms with Crippen LogP contribution in [0.25, 0.3) is 120 Å². The van der Waals surface area contributed by atoms with Crippen molar-refractivity contribution in [1.29, 1.82) is 0 Å². The van der Waals surface area contributed by atoms with E-state index in [9.17, 15) is 0 Å². The van der Waals surface area contributed by atoms with Gasteiger partial charge in [-0.3, -0.25) is 0 Å². The van der Waals surface area contributed by atoms with Gasteiger partial charge in [-0.15, -0.1) is 11.3 Å². The summed E-state index contributed by atoms with van der Waals surface area (Å²) in [6.45, 7) is 0. The quantitative estimate of drug-likeness (QED) is 0.175. The highest BCUT2D eigenvalue weighted by Gasteiger charge is 2.19. The highest BCUT2D eigenvalue weighted by atomic mass is 32.1. The van der Waals surface area contributed by atoms with E-state index >= 15 is 0 Å². The Bertz CT molecular complexity index is 3530. The van der Waals surface area contributed by atoms with Crippen LogP contribution in [0.15, 0.2) is 185 Å². The van der Waals surface area contributed by atoms with Gasteiger partial charge in [0.25, 0.3) is 0 Å². The molecule has 0 saturated carbocycles. The maximum atomic E-state index is 6.60. The molecule has 0 bridgehead atoms. The second-order valence-corrected chi connectivity index (χ2v) is 15.4. The van der Waals surface area contributed by atoms with Crippen molar-refractivity contribution in [3.05, 3.63) is 176 Å². The van der Waals surface area contributed by atoms with Crippen LogP contribution in [0, 0.1) is 0 Å². The number of nitrogens with zero attached hydrogens (tertiary/aromatic N) is 3. The third-order valence-electron chi connectivity index (χ3n) is 11.0. The van der Waals surface area contributed by atoms with Crippen molar-refractivity contribution in [3.63, 3.8) is 0 Å². The first-order valence-corrected chi connectivity index (χ1v) is 19.7. The second kappa shape index (κ2) is 12.6. The second-order valence-electron chi connectivity index (χ2n) is 14.4. The zero-order valence-corrected chi connectivity index (χ0v) is 31.1. The zero-order chi connectivity index (χ0) is 37.5. The molecule has 0 spiro atoms. The number of hydrogen-bond acceptors (Lipinski definition) is 6. The summed E-state index contributed by atoms with van der Waals surface area (Å²) >= 11 is 1.83. The number of aromatic nitrogens is 3. The van der Waals surface area contributed by atoms with Crippen molar-refractivity contribution in [2.45, 2.75) is 0 Å². The molecule has 0 atom stereocenters. The van der Waals surface area contributed by atoms with Crippen LogP contribution in [-0.2, 0) is 0 Å². The maximum absolute atomic E-state index is 6.60. The molecule has 0 aliphatic carbocycles. The van der Waals surface area contributed by atoms with E-state index < -0.39 is 0 Å². The van der Waals surface area contributed by atoms with Gasteiger partial charge in [-0.1, -0.05) is 121 Å². The molecule has 0 aliphatic rings. The normalized spacial score (nSPS) is 11.9. The van der Waals surface area contributed by atoms with Crippen LogP contribution in [0.4, 0.5) is 0 Å². The van der Waals surface area contributed by atoms with Gasteiger partial charge >= 0.3 is 0 Å². The van der Waals surface area contributed by atoms with Gasteiger partial charge in [0.2, 0.25) is 0 Å². The van der Waals surface area contributed by atoms with E-state index in [0.29, 0.717) is 17.5 Å². The van der Waals surface area contributed by atoms with Crippen molar-refractivity contribution in [2.24, 2.45) is 0 Å². The lowest BCUT2D eigenvalue weighted by Gasteiger charge is -2.10. The van der Waals surface area contributed by atoms with Crippen LogP contribution in [0.1, 0.15) is 0 Å². The third kappa shape index (κ3) is 5.26. The molecule has 0 radical (unpaired) electrons. The van der Waals surface area contributed by atoms with E-state index in [0.717, 1.165) is 82.8 Å². The summed E-state index contributed by atoms with van der Waals surface area (Å²) in [6.07, 6.45) is 0. The molecule has 0 N–H and O–H groups in total. The smallest absolute Gasteiger partial charge is 0.164 e. The largest absolute Gasteiger partial charge is 0.456 e. The molecule has 8 aromatic carbocycles. The number of benzene rings is 8. The van der Waals surface area contributed by atoms with Gasteiger partial charge in [-0.2, -0.15) is 0 Å². The van der Waals surface area contributed by atoms with Gasteiger partial charge in [-0.25, -0.2) is 15.0 Å². The zero-order valence-electron chi connectivity index (χ0n) is 30.3. The first-order chi connectivity index (χ1) is 28.2. The van der Waals surface area contributed by atoms with Crippen molar-refractivity contribution >= 4 is 75.4 Å². The molecule has 4 heterocycles. The molecule has 0 saturated heterocycles. The van der Waals surface area contributed by atoms with Gasteiger partial charge in [0.15, 0.2) is 17.5 Å². The maximum Gasteiger partial charge on any atom is 0.164 e. The van der Waals surface area contributed by atoms with Crippen molar-refractivity contribution in [1.82, 2.24) is 15.0 Å². The lowest BCUT2D eigenvalue weighted by molar-refractivity contribution is 0.668. The number of para-hydroxylation sites is 1. The molecule has 0 unspecified atom stereocenters. The molecule has 266 valence electrons. The molecule has 6 heteroatoms. The summed E-state index contributed by atoms with van der Waals surface area (Å²) in [5, 5.41) is 6.64. The molecular formula is C51H29N3O2S. The Hall–Kier alpha value is -7.41. The number of furan rings is 2. The van der Waals surface area contributed by atoms with E-state index in [1.807, 2.05) is 59.9 Å². The van der Waals surface area contributed by atoms with E-state index in [4.69, 9.17) is 23.8 Å². The topological polar surface area (TPSA) is 65.0 Å². The Labute approximate surface area is 330 Å². The van der Waals surface area contributed by atoms with Gasteiger partial charge in [-0.05, 0) is 76.9 Å². The lowest BCUT2D eigenvalue weighted by atomic mass is 10.0. The Morgan fingerprint density at radius 3 is 1.79 bits per heavy atom. The summed E-state index contributed by atoms with van der Waals surface area (Å²) in [5.74, 6) is 1.75. The summed E-state index contributed by atoms with van der Waals surface area (Å²) < 4.78 is 15.3. The minimum Gasteiger partial charge on any atom is -0.456 e. The average Bonchev–Trinajstić information content (AvgIpc) is 3.97. The van der Waals surface area contributed by atoms with Crippen LogP contribution in [-0.4, -0.2) is 15.0 Å². The molecule has 4 aromatic heterocycles. The van der Waals surface area contributed by atoms with Gasteiger partial charge in [0.05, 0.1) is 0 Å². The fraction of sp³-hybridized carbons (Fsp3) is 0. The predicted octanol–water partition coefficient (Wildman–Crippen LogP) is 14.4. The van der Waals surface area contributed by atoms with E-state index in [2.05, 4.69) is 127 Å². The summed E-state index contributed by atoms with van der Waals surface area (Å²) in [6, 6.07) is 61.0. The van der Waals surface area contributed by atoms with Crippen LogP contribution in [0.2, 0.25) is 0 Å². The van der Waals surface area contributed by atoms with Crippen molar-refractivity contribution in [2.75, 3.05) is 0 Å². The van der Waals surface area contributed by atoms with Crippen LogP contribution in [0.3, 0.4) is 0 Å². The van der Waals surface area contributed by atoms with Crippen LogP contribution < -0.4 is 0 Å². The molecule has 0 aliphatic heterocycles. The van der Waals surface area contributed by atoms with E-state index in [-0.39, 0.29) is 0 Å². The van der Waals surface area contributed by atoms with E-state index in [1.54, 1.807) is 0 Å². The first-order valence-electron chi connectivity index (χ1n) is 18.9. The monoisotopic (exact) mass is 747 g/mol. The van der Waals surface area contributed by atoms with Gasteiger partial charge in [0.1, 0.15) is 22.3 Å². The minimum absolute atomic E-state index is 0.576. The van der Waals surface area contributed by atoms with Gasteiger partial charge < -0.3 is 8.83 Å². The summed E-state index contributed by atoms with van der Waals surface area (Å²) in [5.41, 5.74) is 10.5. The molecule has 0 fully saturated rings. The molecule has 57 heavy (non-hydrogen) atoms. The predicted molar refractivity (Wildman–Crippen MR) is 234 cm³/mol. The number of rotatable bonds is 5. The molecular weight excluding hydrogens is 719 g/mol. The number of fused-ring (bicyclic) bond motifs is 9. The lowest BCUT2D eigenvalue weighted by Crippen LogP contribution is -2.00. The fourth-order valence-corrected chi connectivity index (χ4v) is 9.30. The molecule has 12 rings (SSSR count). The van der Waals surface area contributed by atoms with Crippen molar-refractivity contribution in [3.8, 4) is 56.4 Å². The van der Waals surface area contributed by atoms with Gasteiger partial charge in [0, 0.05) is 58.4 Å². The fourth-order valence-electron chi connectivity index (χ4n) is 8.16. The van der Waals surface area contributed by atoms with Crippen LogP contribution >= 0.6 is 11.3 Å². The SMILES string of the molecule is c1ccc(-c2ccc(-c3nc(-c4ccc5oc6ccccc6c5c4)nc(-c4cccc5oc6cc(-c7ccc8c(c7)sc7ccccc78)ccc6c45)n3)cc2)cc1. The summed E-state index contributed by atoms with van der Waals surface area (Å²) in [4.78, 5) is 15.5. The highest BCUT2D eigenvalue weighted by Crippen LogP contribution is 2.41. The van der Waals surface area contributed by atoms with Crippen LogP contribution in [0.5, 0.6) is 0 Å². The Kier molecular flexibility index (Phi) is 7.03. The first kappa shape index (κ1) is 31.9. The Morgan fingerprint density at radius 2 is 0.912 bits per heavy atom. The molecule has 0 amide bonds. The number of hydrogen-bond donors (Lipinski definition) is 0. The standard InChI is InChI=1S/C51H29N3O2S/c1-2-9-30(10-3-1)31-17-19-32(20-18-31)49-52-50(35-23-26-43-41(27-35)36-11-4-6-14-42(36)55-43)54-51(53-49)40-13-8-15-44-48(40)39-25-22-33(28-45(39)56-44)34-21-24-38-37-12-5-7-16-46(37)57-47(38)29-34/h1-29H. The number of thiophene rings is 1. The Morgan fingerprint density at radius 1 is 0.316 bits per heavy atom. The third-order valence-corrected chi connectivity index (χ3v) is 12.1.